The Morgan fingerprint density at radius 2 is 1.62 bits per heavy atom. The second-order valence-corrected chi connectivity index (χ2v) is 5.52. The number of halogens is 1. The largest absolute Gasteiger partial charge is 0.480 e. The number of alkyl halides is 1. The number of carbonyl (C=O) groups is 2. The molecule has 2 aromatic carbocycles. The maximum Gasteiger partial charge on any atom is 0.408 e. The van der Waals surface area contributed by atoms with E-state index in [-0.39, 0.29) is 13.0 Å². The molecule has 0 fully saturated rings. The van der Waals surface area contributed by atoms with Crippen molar-refractivity contribution >= 4 is 23.7 Å². The van der Waals surface area contributed by atoms with Crippen LogP contribution in [0.25, 0.3) is 0 Å². The van der Waals surface area contributed by atoms with Crippen LogP contribution in [0.15, 0.2) is 54.6 Å². The summed E-state index contributed by atoms with van der Waals surface area (Å²) in [5.41, 5.74) is 2.59. The van der Waals surface area contributed by atoms with E-state index >= 15 is 0 Å². The summed E-state index contributed by atoms with van der Waals surface area (Å²) in [6.07, 6.45) is -0.574. The quantitative estimate of drug-likeness (QED) is 0.753. The van der Waals surface area contributed by atoms with Crippen molar-refractivity contribution in [1.29, 1.82) is 0 Å². The molecule has 2 rings (SSSR count). The van der Waals surface area contributed by atoms with E-state index in [0.717, 1.165) is 16.7 Å². The second kappa shape index (κ2) is 8.93. The van der Waals surface area contributed by atoms with E-state index in [1.165, 1.54) is 0 Å². The number of carboxylic acids is 1. The lowest BCUT2D eigenvalue weighted by atomic mass is 10.1. The topological polar surface area (TPSA) is 75.6 Å². The Morgan fingerprint density at radius 3 is 2.21 bits per heavy atom. The Kier molecular flexibility index (Phi) is 6.63. The Balaban J connectivity index is 1.87. The van der Waals surface area contributed by atoms with Gasteiger partial charge < -0.3 is 15.2 Å². The molecule has 0 spiro atoms. The smallest absolute Gasteiger partial charge is 0.408 e. The molecule has 1 amide bonds. The maximum atomic E-state index is 11.8. The van der Waals surface area contributed by atoms with Crippen LogP contribution in [0.1, 0.15) is 16.7 Å². The van der Waals surface area contributed by atoms with E-state index in [1.807, 2.05) is 42.5 Å². The van der Waals surface area contributed by atoms with Crippen molar-refractivity contribution in [2.75, 3.05) is 0 Å². The van der Waals surface area contributed by atoms with Crippen molar-refractivity contribution in [2.45, 2.75) is 24.9 Å². The zero-order chi connectivity index (χ0) is 17.4. The molecule has 2 N–H and O–H groups in total. The monoisotopic (exact) mass is 347 g/mol. The number of benzene rings is 2. The molecule has 1 atom stereocenters. The van der Waals surface area contributed by atoms with Gasteiger partial charge in [-0.25, -0.2) is 9.59 Å². The van der Waals surface area contributed by atoms with Gasteiger partial charge in [-0.15, -0.1) is 11.6 Å². The molecule has 0 aliphatic heterocycles. The van der Waals surface area contributed by atoms with Crippen molar-refractivity contribution in [2.24, 2.45) is 0 Å². The average molecular weight is 348 g/mol. The highest BCUT2D eigenvalue weighted by atomic mass is 35.5. The van der Waals surface area contributed by atoms with Gasteiger partial charge in [0, 0.05) is 12.3 Å². The van der Waals surface area contributed by atoms with E-state index < -0.39 is 18.1 Å². The fraction of sp³-hybridized carbons (Fsp3) is 0.222. The van der Waals surface area contributed by atoms with Crippen LogP contribution in [0.3, 0.4) is 0 Å². The number of ether oxygens (including phenoxy) is 1. The van der Waals surface area contributed by atoms with Crippen molar-refractivity contribution in [1.82, 2.24) is 5.32 Å². The van der Waals surface area contributed by atoms with Crippen LogP contribution in [-0.2, 0) is 28.4 Å². The van der Waals surface area contributed by atoms with Crippen molar-refractivity contribution in [3.8, 4) is 0 Å². The van der Waals surface area contributed by atoms with Crippen LogP contribution in [0, 0.1) is 0 Å². The summed E-state index contributed by atoms with van der Waals surface area (Å²) in [4.78, 5) is 23.1. The molecule has 126 valence electrons. The number of hydrogen-bond donors (Lipinski definition) is 2. The maximum absolute atomic E-state index is 11.8. The zero-order valence-corrected chi connectivity index (χ0v) is 13.7. The van der Waals surface area contributed by atoms with E-state index in [1.54, 1.807) is 12.1 Å². The number of hydrogen-bond acceptors (Lipinski definition) is 3. The molecule has 0 aromatic heterocycles. The Hall–Kier alpha value is -2.53. The minimum atomic E-state index is -1.11. The van der Waals surface area contributed by atoms with Gasteiger partial charge in [-0.2, -0.15) is 0 Å². The molecule has 5 nitrogen and oxygen atoms in total. The number of nitrogens with one attached hydrogen (secondary N) is 1. The number of aliphatic carboxylic acids is 1. The van der Waals surface area contributed by atoms with Gasteiger partial charge in [0.05, 0.1) is 0 Å². The molecule has 0 aliphatic carbocycles. The standard InChI is InChI=1S/C18H18ClNO4/c19-11-14-6-8-15(9-7-14)12-24-18(23)20-16(17(21)22)10-13-4-2-1-3-5-13/h1-9,16H,10-12H2,(H,20,23)(H,21,22). The number of amides is 1. The minimum Gasteiger partial charge on any atom is -0.480 e. The summed E-state index contributed by atoms with van der Waals surface area (Å²) in [5.74, 6) is -0.691. The fourth-order valence-corrected chi connectivity index (χ4v) is 2.29. The molecule has 1 unspecified atom stereocenters. The molecular formula is C18H18ClNO4. The molecule has 0 bridgehead atoms. The third-order valence-electron chi connectivity index (χ3n) is 3.42. The molecule has 0 saturated heterocycles. The van der Waals surface area contributed by atoms with E-state index in [9.17, 15) is 14.7 Å². The van der Waals surface area contributed by atoms with Crippen LogP contribution in [0.5, 0.6) is 0 Å². The summed E-state index contributed by atoms with van der Waals surface area (Å²) < 4.78 is 5.07. The van der Waals surface area contributed by atoms with Gasteiger partial charge in [0.15, 0.2) is 0 Å². The Labute approximate surface area is 145 Å². The molecule has 24 heavy (non-hydrogen) atoms. The van der Waals surface area contributed by atoms with Gasteiger partial charge in [-0.05, 0) is 16.7 Å². The first-order valence-corrected chi connectivity index (χ1v) is 7.95. The summed E-state index contributed by atoms with van der Waals surface area (Å²) in [6, 6.07) is 15.4. The lowest BCUT2D eigenvalue weighted by Gasteiger charge is -2.14. The summed E-state index contributed by atoms with van der Waals surface area (Å²) >= 11 is 5.71. The Bertz CT molecular complexity index is 673. The highest BCUT2D eigenvalue weighted by Crippen LogP contribution is 2.08. The fourth-order valence-electron chi connectivity index (χ4n) is 2.11. The SMILES string of the molecule is O=C(NC(Cc1ccccc1)C(=O)O)OCc1ccc(CCl)cc1. The number of carbonyl (C=O) groups excluding carboxylic acids is 1. The summed E-state index contributed by atoms with van der Waals surface area (Å²) in [6.45, 7) is 0.0616. The molecule has 2 aromatic rings. The van der Waals surface area contributed by atoms with Gasteiger partial charge in [0.2, 0.25) is 0 Å². The lowest BCUT2D eigenvalue weighted by Crippen LogP contribution is -2.42. The molecule has 0 saturated carbocycles. The van der Waals surface area contributed by atoms with Crippen LogP contribution in [-0.4, -0.2) is 23.2 Å². The predicted molar refractivity (Wildman–Crippen MR) is 90.9 cm³/mol. The first kappa shape index (κ1) is 17.8. The number of rotatable bonds is 7. The van der Waals surface area contributed by atoms with Crippen LogP contribution >= 0.6 is 11.6 Å². The predicted octanol–water partition coefficient (Wildman–Crippen LogP) is 3.35. The van der Waals surface area contributed by atoms with Crippen molar-refractivity contribution in [3.05, 3.63) is 71.3 Å². The van der Waals surface area contributed by atoms with E-state index in [0.29, 0.717) is 5.88 Å². The number of alkyl carbamates (subject to hydrolysis) is 1. The van der Waals surface area contributed by atoms with Crippen LogP contribution in [0.2, 0.25) is 0 Å². The highest BCUT2D eigenvalue weighted by molar-refractivity contribution is 6.17. The van der Waals surface area contributed by atoms with Gasteiger partial charge >= 0.3 is 12.1 Å². The van der Waals surface area contributed by atoms with Gasteiger partial charge in [0.25, 0.3) is 0 Å². The van der Waals surface area contributed by atoms with E-state index in [2.05, 4.69) is 5.32 Å². The third kappa shape index (κ3) is 5.59. The molecule has 6 heteroatoms. The molecular weight excluding hydrogens is 330 g/mol. The number of carboxylic acid groups (broad SMARTS) is 1. The first-order valence-electron chi connectivity index (χ1n) is 7.42. The normalized spacial score (nSPS) is 11.5. The highest BCUT2D eigenvalue weighted by Gasteiger charge is 2.21. The Morgan fingerprint density at radius 1 is 1.00 bits per heavy atom. The summed E-state index contributed by atoms with van der Waals surface area (Å²) in [7, 11) is 0. The van der Waals surface area contributed by atoms with E-state index in [4.69, 9.17) is 16.3 Å². The van der Waals surface area contributed by atoms with Gasteiger partial charge in [0.1, 0.15) is 12.6 Å². The zero-order valence-electron chi connectivity index (χ0n) is 12.9. The lowest BCUT2D eigenvalue weighted by molar-refractivity contribution is -0.139. The molecule has 0 radical (unpaired) electrons. The van der Waals surface area contributed by atoms with Gasteiger partial charge in [-0.3, -0.25) is 0 Å². The molecule has 0 heterocycles. The van der Waals surface area contributed by atoms with Crippen molar-refractivity contribution in [3.63, 3.8) is 0 Å². The second-order valence-electron chi connectivity index (χ2n) is 5.25. The summed E-state index contributed by atoms with van der Waals surface area (Å²) in [5, 5.41) is 11.6. The third-order valence-corrected chi connectivity index (χ3v) is 3.73. The minimum absolute atomic E-state index is 0.0616. The van der Waals surface area contributed by atoms with Gasteiger partial charge in [-0.1, -0.05) is 54.6 Å². The molecule has 0 aliphatic rings. The van der Waals surface area contributed by atoms with Crippen LogP contribution in [0.4, 0.5) is 4.79 Å². The van der Waals surface area contributed by atoms with Crippen molar-refractivity contribution < 1.29 is 19.4 Å². The van der Waals surface area contributed by atoms with Crippen LogP contribution < -0.4 is 5.32 Å². The average Bonchev–Trinajstić information content (AvgIpc) is 2.60. The first-order chi connectivity index (χ1) is 11.6.